The molecule has 0 bridgehead atoms. The number of piperidine rings is 1. The Morgan fingerprint density at radius 1 is 1.04 bits per heavy atom. The monoisotopic (exact) mass is 380 g/mol. The van der Waals surface area contributed by atoms with Gasteiger partial charge < -0.3 is 14.5 Å². The lowest BCUT2D eigenvalue weighted by Gasteiger charge is -2.40. The van der Waals surface area contributed by atoms with Gasteiger partial charge in [-0.05, 0) is 24.0 Å². The topological polar surface area (TPSA) is 49.9 Å². The number of hydrogen-bond donors (Lipinski definition) is 0. The van der Waals surface area contributed by atoms with Crippen molar-refractivity contribution >= 4 is 11.8 Å². The third kappa shape index (κ3) is 4.78. The molecule has 28 heavy (non-hydrogen) atoms. The summed E-state index contributed by atoms with van der Waals surface area (Å²) in [5.41, 5.74) is 2.21. The summed E-state index contributed by atoms with van der Waals surface area (Å²) in [6.45, 7) is 1.04. The number of amides is 2. The van der Waals surface area contributed by atoms with E-state index in [1.54, 1.807) is 4.90 Å². The number of hydrogen-bond acceptors (Lipinski definition) is 3. The molecule has 5 nitrogen and oxygen atoms in total. The Morgan fingerprint density at radius 2 is 1.68 bits per heavy atom. The van der Waals surface area contributed by atoms with Gasteiger partial charge in [0.1, 0.15) is 6.61 Å². The fourth-order valence-corrected chi connectivity index (χ4v) is 3.92. The normalized spacial score (nSPS) is 19.3. The summed E-state index contributed by atoms with van der Waals surface area (Å²) in [7, 11) is 3.36. The minimum Gasteiger partial charge on any atom is -0.375 e. The predicted octanol–water partition coefficient (Wildman–Crippen LogP) is 3.27. The molecular formula is C23H28N2O3. The maximum atomic E-state index is 13.0. The first-order valence-electron chi connectivity index (χ1n) is 9.72. The molecule has 0 N–H and O–H groups in total. The van der Waals surface area contributed by atoms with Crippen molar-refractivity contribution in [3.8, 4) is 0 Å². The number of ether oxygens (including phenoxy) is 1. The van der Waals surface area contributed by atoms with Crippen molar-refractivity contribution in [3.05, 3.63) is 71.8 Å². The molecule has 5 heteroatoms. The molecular weight excluding hydrogens is 352 g/mol. The molecule has 0 aromatic heterocycles. The van der Waals surface area contributed by atoms with Crippen LogP contribution in [0.3, 0.4) is 0 Å². The SMILES string of the molecule is COCC(=O)N1CC(C(=O)N(C)Cc2ccccc2)CCC1c1ccccc1. The predicted molar refractivity (Wildman–Crippen MR) is 108 cm³/mol. The van der Waals surface area contributed by atoms with Crippen LogP contribution in [0.15, 0.2) is 60.7 Å². The highest BCUT2D eigenvalue weighted by atomic mass is 16.5. The van der Waals surface area contributed by atoms with Crippen molar-refractivity contribution in [3.63, 3.8) is 0 Å². The van der Waals surface area contributed by atoms with Gasteiger partial charge in [-0.2, -0.15) is 0 Å². The highest BCUT2D eigenvalue weighted by Gasteiger charge is 2.36. The maximum absolute atomic E-state index is 13.0. The van der Waals surface area contributed by atoms with Crippen molar-refractivity contribution in [2.75, 3.05) is 27.3 Å². The van der Waals surface area contributed by atoms with Crippen LogP contribution in [-0.2, 0) is 20.9 Å². The quantitative estimate of drug-likeness (QED) is 0.773. The molecule has 0 aliphatic carbocycles. The van der Waals surface area contributed by atoms with Crippen LogP contribution < -0.4 is 0 Å². The van der Waals surface area contributed by atoms with Gasteiger partial charge >= 0.3 is 0 Å². The Hall–Kier alpha value is -2.66. The zero-order valence-corrected chi connectivity index (χ0v) is 16.6. The van der Waals surface area contributed by atoms with E-state index in [2.05, 4.69) is 0 Å². The smallest absolute Gasteiger partial charge is 0.249 e. The number of carbonyl (C=O) groups is 2. The summed E-state index contributed by atoms with van der Waals surface area (Å²) in [5.74, 6) is -0.167. The lowest BCUT2D eigenvalue weighted by Crippen LogP contribution is -2.48. The van der Waals surface area contributed by atoms with Gasteiger partial charge in [-0.1, -0.05) is 60.7 Å². The van der Waals surface area contributed by atoms with E-state index in [1.165, 1.54) is 7.11 Å². The summed E-state index contributed by atoms with van der Waals surface area (Å²) in [6, 6.07) is 20.0. The standard InChI is InChI=1S/C23H28N2O3/c1-24(15-18-9-5-3-6-10-18)23(27)20-13-14-21(19-11-7-4-8-12-19)25(16-20)22(26)17-28-2/h3-12,20-21H,13-17H2,1-2H3. The van der Waals surface area contributed by atoms with Crippen molar-refractivity contribution in [1.82, 2.24) is 9.80 Å². The van der Waals surface area contributed by atoms with E-state index < -0.39 is 0 Å². The van der Waals surface area contributed by atoms with Gasteiger partial charge in [-0.25, -0.2) is 0 Å². The van der Waals surface area contributed by atoms with Gasteiger partial charge in [0, 0.05) is 27.2 Å². The number of benzene rings is 2. The molecule has 1 fully saturated rings. The average Bonchev–Trinajstić information content (AvgIpc) is 2.74. The number of nitrogens with zero attached hydrogens (tertiary/aromatic N) is 2. The first kappa shape index (κ1) is 20.1. The minimum absolute atomic E-state index is 0.00710. The Kier molecular flexibility index (Phi) is 6.82. The zero-order valence-electron chi connectivity index (χ0n) is 16.6. The van der Waals surface area contributed by atoms with Crippen molar-refractivity contribution in [2.45, 2.75) is 25.4 Å². The van der Waals surface area contributed by atoms with Crippen LogP contribution in [0.2, 0.25) is 0 Å². The minimum atomic E-state index is -0.186. The molecule has 1 aliphatic heterocycles. The molecule has 2 aromatic carbocycles. The third-order valence-electron chi connectivity index (χ3n) is 5.34. The summed E-state index contributed by atoms with van der Waals surface area (Å²) < 4.78 is 5.08. The Morgan fingerprint density at radius 3 is 2.32 bits per heavy atom. The second kappa shape index (κ2) is 9.51. The highest BCUT2D eigenvalue weighted by molar-refractivity contribution is 5.82. The lowest BCUT2D eigenvalue weighted by atomic mass is 9.88. The van der Waals surface area contributed by atoms with E-state index in [4.69, 9.17) is 4.74 Å². The van der Waals surface area contributed by atoms with Gasteiger partial charge in [0.05, 0.1) is 12.0 Å². The molecule has 1 heterocycles. The first-order valence-corrected chi connectivity index (χ1v) is 9.72. The van der Waals surface area contributed by atoms with Crippen LogP contribution in [0.1, 0.15) is 30.0 Å². The van der Waals surface area contributed by atoms with Crippen molar-refractivity contribution in [2.24, 2.45) is 5.92 Å². The largest absolute Gasteiger partial charge is 0.375 e. The van der Waals surface area contributed by atoms with E-state index in [9.17, 15) is 9.59 Å². The zero-order chi connectivity index (χ0) is 19.9. The molecule has 0 radical (unpaired) electrons. The molecule has 148 valence electrons. The van der Waals surface area contributed by atoms with Gasteiger partial charge in [-0.3, -0.25) is 9.59 Å². The molecule has 0 saturated carbocycles. The fourth-order valence-electron chi connectivity index (χ4n) is 3.92. The van der Waals surface area contributed by atoms with Gasteiger partial charge in [0.2, 0.25) is 11.8 Å². The summed E-state index contributed by atoms with van der Waals surface area (Å²) >= 11 is 0. The van der Waals surface area contributed by atoms with Crippen LogP contribution >= 0.6 is 0 Å². The third-order valence-corrected chi connectivity index (χ3v) is 5.34. The summed E-state index contributed by atoms with van der Waals surface area (Å²) in [6.07, 6.45) is 1.54. The van der Waals surface area contributed by atoms with Crippen LogP contribution in [0.25, 0.3) is 0 Å². The van der Waals surface area contributed by atoms with E-state index in [1.807, 2.05) is 72.6 Å². The molecule has 2 aromatic rings. The van der Waals surface area contributed by atoms with Crippen LogP contribution in [0.4, 0.5) is 0 Å². The van der Waals surface area contributed by atoms with E-state index in [-0.39, 0.29) is 30.4 Å². The van der Waals surface area contributed by atoms with Gasteiger partial charge in [0.25, 0.3) is 0 Å². The fraction of sp³-hybridized carbons (Fsp3) is 0.391. The van der Waals surface area contributed by atoms with Gasteiger partial charge in [0.15, 0.2) is 0 Å². The van der Waals surface area contributed by atoms with E-state index >= 15 is 0 Å². The summed E-state index contributed by atoms with van der Waals surface area (Å²) in [5, 5.41) is 0. The molecule has 2 amide bonds. The van der Waals surface area contributed by atoms with E-state index in [0.29, 0.717) is 13.1 Å². The molecule has 2 atom stereocenters. The highest BCUT2D eigenvalue weighted by Crippen LogP contribution is 2.34. The second-order valence-electron chi connectivity index (χ2n) is 7.36. The maximum Gasteiger partial charge on any atom is 0.249 e. The second-order valence-corrected chi connectivity index (χ2v) is 7.36. The lowest BCUT2D eigenvalue weighted by molar-refractivity contribution is -0.145. The van der Waals surface area contributed by atoms with E-state index in [0.717, 1.165) is 24.0 Å². The Balaban J connectivity index is 1.72. The molecule has 0 spiro atoms. The van der Waals surface area contributed by atoms with Crippen molar-refractivity contribution < 1.29 is 14.3 Å². The number of methoxy groups -OCH3 is 1. The van der Waals surface area contributed by atoms with Crippen molar-refractivity contribution in [1.29, 1.82) is 0 Å². The number of likely N-dealkylation sites (tertiary alicyclic amines) is 1. The molecule has 2 unspecified atom stereocenters. The Labute approximate surface area is 166 Å². The first-order chi connectivity index (χ1) is 13.6. The molecule has 3 rings (SSSR count). The average molecular weight is 380 g/mol. The molecule has 1 aliphatic rings. The van der Waals surface area contributed by atoms with Gasteiger partial charge in [-0.15, -0.1) is 0 Å². The van der Waals surface area contributed by atoms with Crippen LogP contribution in [0.5, 0.6) is 0 Å². The number of carbonyl (C=O) groups excluding carboxylic acids is 2. The number of rotatable bonds is 6. The van der Waals surface area contributed by atoms with Crippen LogP contribution in [-0.4, -0.2) is 48.9 Å². The molecule has 1 saturated heterocycles. The van der Waals surface area contributed by atoms with Crippen LogP contribution in [0, 0.1) is 5.92 Å². The Bertz CT molecular complexity index is 779. The summed E-state index contributed by atoms with van der Waals surface area (Å²) in [4.78, 5) is 29.3.